The Balaban J connectivity index is 0.00000162. The Kier molecular flexibility index (Phi) is 5.56. The van der Waals surface area contributed by atoms with Gasteiger partial charge in [0.25, 0.3) is 5.91 Å². The van der Waals surface area contributed by atoms with E-state index >= 15 is 0 Å². The molecule has 0 aliphatic carbocycles. The molecule has 0 spiro atoms. The molecule has 102 valence electrons. The number of hydrogen-bond donors (Lipinski definition) is 2. The number of halogens is 1. The lowest BCUT2D eigenvalue weighted by molar-refractivity contribution is 0.0926. The number of piperidine rings is 1. The highest BCUT2D eigenvalue weighted by molar-refractivity contribution is 7.13. The van der Waals surface area contributed by atoms with Crippen molar-refractivity contribution in [1.82, 2.24) is 15.6 Å². The van der Waals surface area contributed by atoms with Gasteiger partial charge in [0.15, 0.2) is 0 Å². The van der Waals surface area contributed by atoms with Crippen LogP contribution in [0.25, 0.3) is 0 Å². The van der Waals surface area contributed by atoms with Crippen LogP contribution in [0.4, 0.5) is 0 Å². The third-order valence-corrected chi connectivity index (χ3v) is 4.24. The van der Waals surface area contributed by atoms with Gasteiger partial charge in [-0.3, -0.25) is 4.79 Å². The zero-order chi connectivity index (χ0) is 12.3. The molecular weight excluding hydrogens is 270 g/mol. The second kappa shape index (κ2) is 6.50. The highest BCUT2D eigenvalue weighted by Crippen LogP contribution is 2.26. The SMILES string of the molecule is Cc1ncc(C(=O)NCC2(C)CCNCC2)s1.Cl. The number of nitrogens with one attached hydrogen (secondary N) is 2. The lowest BCUT2D eigenvalue weighted by Gasteiger charge is -2.34. The molecule has 2 heterocycles. The number of thiazole rings is 1. The number of carbonyl (C=O) groups is 1. The monoisotopic (exact) mass is 289 g/mol. The first-order chi connectivity index (χ1) is 8.09. The van der Waals surface area contributed by atoms with E-state index in [9.17, 15) is 4.79 Å². The van der Waals surface area contributed by atoms with Crippen LogP contribution < -0.4 is 10.6 Å². The molecule has 0 atom stereocenters. The molecule has 1 fully saturated rings. The molecule has 0 unspecified atom stereocenters. The molecule has 2 rings (SSSR count). The Morgan fingerprint density at radius 1 is 1.56 bits per heavy atom. The van der Waals surface area contributed by atoms with Gasteiger partial charge in [-0.05, 0) is 38.3 Å². The average molecular weight is 290 g/mol. The van der Waals surface area contributed by atoms with Crippen LogP contribution in [0.3, 0.4) is 0 Å². The normalized spacial score (nSPS) is 17.9. The maximum Gasteiger partial charge on any atom is 0.263 e. The number of hydrogen-bond acceptors (Lipinski definition) is 4. The van der Waals surface area contributed by atoms with Crippen molar-refractivity contribution in [1.29, 1.82) is 0 Å². The zero-order valence-electron chi connectivity index (χ0n) is 10.8. The molecule has 1 aliphatic heterocycles. The molecule has 6 heteroatoms. The summed E-state index contributed by atoms with van der Waals surface area (Å²) in [6.45, 7) is 7.00. The molecule has 1 saturated heterocycles. The van der Waals surface area contributed by atoms with Gasteiger partial charge in [-0.2, -0.15) is 0 Å². The highest BCUT2D eigenvalue weighted by atomic mass is 35.5. The molecule has 0 aromatic carbocycles. The van der Waals surface area contributed by atoms with Gasteiger partial charge >= 0.3 is 0 Å². The minimum atomic E-state index is 0. The van der Waals surface area contributed by atoms with Crippen molar-refractivity contribution in [2.45, 2.75) is 26.7 Å². The first kappa shape index (κ1) is 15.4. The molecule has 1 amide bonds. The smallest absolute Gasteiger partial charge is 0.263 e. The summed E-state index contributed by atoms with van der Waals surface area (Å²) in [6.07, 6.45) is 3.89. The summed E-state index contributed by atoms with van der Waals surface area (Å²) in [7, 11) is 0. The summed E-state index contributed by atoms with van der Waals surface area (Å²) in [5, 5.41) is 7.30. The number of aryl methyl sites for hydroxylation is 1. The van der Waals surface area contributed by atoms with Gasteiger partial charge < -0.3 is 10.6 Å². The summed E-state index contributed by atoms with van der Waals surface area (Å²) in [5.41, 5.74) is 0.237. The van der Waals surface area contributed by atoms with Gasteiger partial charge in [0.05, 0.1) is 11.2 Å². The number of rotatable bonds is 3. The summed E-state index contributed by atoms with van der Waals surface area (Å²) < 4.78 is 0. The van der Waals surface area contributed by atoms with E-state index in [2.05, 4.69) is 22.5 Å². The van der Waals surface area contributed by atoms with Crippen LogP contribution in [0.5, 0.6) is 0 Å². The number of amides is 1. The average Bonchev–Trinajstić information content (AvgIpc) is 2.74. The fraction of sp³-hybridized carbons (Fsp3) is 0.667. The van der Waals surface area contributed by atoms with E-state index in [1.807, 2.05) is 6.92 Å². The molecule has 4 nitrogen and oxygen atoms in total. The van der Waals surface area contributed by atoms with Crippen LogP contribution in [-0.2, 0) is 0 Å². The molecule has 2 N–H and O–H groups in total. The standard InChI is InChI=1S/C12H19N3OS.ClH/c1-9-14-7-10(17-9)11(16)15-8-12(2)3-5-13-6-4-12;/h7,13H,3-6,8H2,1-2H3,(H,15,16);1H. The van der Waals surface area contributed by atoms with Crippen LogP contribution in [0.2, 0.25) is 0 Å². The predicted octanol–water partition coefficient (Wildman–Crippen LogP) is 1.99. The van der Waals surface area contributed by atoms with E-state index < -0.39 is 0 Å². The van der Waals surface area contributed by atoms with Crippen LogP contribution in [-0.4, -0.2) is 30.5 Å². The second-order valence-electron chi connectivity index (χ2n) is 4.99. The van der Waals surface area contributed by atoms with Crippen molar-refractivity contribution in [3.05, 3.63) is 16.1 Å². The van der Waals surface area contributed by atoms with Crippen LogP contribution in [0.1, 0.15) is 34.4 Å². The molecular formula is C12H20ClN3OS. The molecule has 1 aromatic heterocycles. The van der Waals surface area contributed by atoms with E-state index in [-0.39, 0.29) is 23.7 Å². The Hall–Kier alpha value is -0.650. The highest BCUT2D eigenvalue weighted by Gasteiger charge is 2.27. The number of nitrogens with zero attached hydrogens (tertiary/aromatic N) is 1. The maximum absolute atomic E-state index is 11.9. The van der Waals surface area contributed by atoms with Gasteiger partial charge in [-0.25, -0.2) is 4.98 Å². The predicted molar refractivity (Wildman–Crippen MR) is 76.6 cm³/mol. The molecule has 0 bridgehead atoms. The van der Waals surface area contributed by atoms with E-state index in [1.54, 1.807) is 6.20 Å². The molecule has 1 aliphatic rings. The lowest BCUT2D eigenvalue weighted by atomic mass is 9.81. The molecule has 0 radical (unpaired) electrons. The minimum absolute atomic E-state index is 0. The molecule has 1 aromatic rings. The van der Waals surface area contributed by atoms with E-state index in [1.165, 1.54) is 11.3 Å². The summed E-state index contributed by atoms with van der Waals surface area (Å²) in [4.78, 5) is 16.7. The van der Waals surface area contributed by atoms with Crippen LogP contribution in [0, 0.1) is 12.3 Å². The maximum atomic E-state index is 11.9. The van der Waals surface area contributed by atoms with Crippen molar-refractivity contribution in [2.24, 2.45) is 5.41 Å². The third kappa shape index (κ3) is 3.93. The van der Waals surface area contributed by atoms with Crippen molar-refractivity contribution in [3.63, 3.8) is 0 Å². The third-order valence-electron chi connectivity index (χ3n) is 3.33. The van der Waals surface area contributed by atoms with Crippen molar-refractivity contribution >= 4 is 29.7 Å². The Bertz CT molecular complexity index is 402. The molecule has 0 saturated carbocycles. The number of aromatic nitrogens is 1. The van der Waals surface area contributed by atoms with Gasteiger partial charge in [-0.15, -0.1) is 23.7 Å². The quantitative estimate of drug-likeness (QED) is 0.895. The summed E-state index contributed by atoms with van der Waals surface area (Å²) in [5.74, 6) is 0.00959. The van der Waals surface area contributed by atoms with Crippen molar-refractivity contribution in [2.75, 3.05) is 19.6 Å². The Morgan fingerprint density at radius 3 is 2.78 bits per heavy atom. The zero-order valence-corrected chi connectivity index (χ0v) is 12.4. The van der Waals surface area contributed by atoms with Gasteiger partial charge in [-0.1, -0.05) is 6.92 Å². The first-order valence-electron chi connectivity index (χ1n) is 6.00. The Labute approximate surface area is 118 Å². The van der Waals surface area contributed by atoms with E-state index in [0.717, 1.165) is 37.5 Å². The summed E-state index contributed by atoms with van der Waals surface area (Å²) >= 11 is 1.45. The van der Waals surface area contributed by atoms with Gasteiger partial charge in [0, 0.05) is 6.54 Å². The molecule has 18 heavy (non-hydrogen) atoms. The second-order valence-corrected chi connectivity index (χ2v) is 6.22. The van der Waals surface area contributed by atoms with Crippen LogP contribution in [0.15, 0.2) is 6.20 Å². The van der Waals surface area contributed by atoms with Gasteiger partial charge in [0.2, 0.25) is 0 Å². The van der Waals surface area contributed by atoms with E-state index in [0.29, 0.717) is 4.88 Å². The largest absolute Gasteiger partial charge is 0.351 e. The fourth-order valence-corrected chi connectivity index (χ4v) is 2.75. The van der Waals surface area contributed by atoms with Crippen molar-refractivity contribution < 1.29 is 4.79 Å². The van der Waals surface area contributed by atoms with Gasteiger partial charge in [0.1, 0.15) is 4.88 Å². The van der Waals surface area contributed by atoms with E-state index in [4.69, 9.17) is 0 Å². The first-order valence-corrected chi connectivity index (χ1v) is 6.82. The summed E-state index contributed by atoms with van der Waals surface area (Å²) in [6, 6.07) is 0. The van der Waals surface area contributed by atoms with Crippen LogP contribution >= 0.6 is 23.7 Å². The minimum Gasteiger partial charge on any atom is -0.351 e. The fourth-order valence-electron chi connectivity index (χ4n) is 2.05. The number of carbonyl (C=O) groups excluding carboxylic acids is 1. The van der Waals surface area contributed by atoms with Crippen molar-refractivity contribution in [3.8, 4) is 0 Å². The topological polar surface area (TPSA) is 54.0 Å². The lowest BCUT2D eigenvalue weighted by Crippen LogP contribution is -2.42. The Morgan fingerprint density at radius 2 is 2.22 bits per heavy atom.